The largest absolute Gasteiger partial charge is 0.478 e. The molecule has 1 amide bonds. The second kappa shape index (κ2) is 6.67. The fourth-order valence-corrected chi connectivity index (χ4v) is 3.29. The molecule has 2 N–H and O–H groups in total. The molecule has 1 heterocycles. The van der Waals surface area contributed by atoms with Gasteiger partial charge in [0, 0.05) is 20.7 Å². The molecule has 0 radical (unpaired) electrons. The van der Waals surface area contributed by atoms with E-state index in [1.807, 2.05) is 0 Å². The summed E-state index contributed by atoms with van der Waals surface area (Å²) in [6, 6.07) is 6.16. The number of carboxylic acid groups (broad SMARTS) is 1. The molecule has 21 heavy (non-hydrogen) atoms. The highest BCUT2D eigenvalue weighted by Gasteiger charge is 2.17. The number of hydrogen-bond acceptors (Lipinski definition) is 3. The molecule has 0 aliphatic heterocycles. The van der Waals surface area contributed by atoms with E-state index in [4.69, 9.17) is 0 Å². The molecule has 0 saturated heterocycles. The number of carboxylic acids is 1. The number of anilines is 1. The Balaban J connectivity index is 2.39. The summed E-state index contributed by atoms with van der Waals surface area (Å²) in [4.78, 5) is 27.4. The predicted octanol–water partition coefficient (Wildman–Crippen LogP) is 4.32. The Kier molecular flexibility index (Phi) is 5.13. The molecule has 2 rings (SSSR count). The van der Waals surface area contributed by atoms with E-state index >= 15 is 0 Å². The average molecular weight is 479 g/mol. The number of hydrogen-bond donors (Lipinski definition) is 2. The number of rotatable bonds is 3. The molecule has 0 unspecified atom stereocenters. The average Bonchev–Trinajstić information content (AvgIpc) is 2.41. The molecule has 0 atom stereocenters. The normalized spacial score (nSPS) is 10.2. The second-order valence-corrected chi connectivity index (χ2v) is 6.52. The van der Waals surface area contributed by atoms with E-state index in [2.05, 4.69) is 58.1 Å². The van der Waals surface area contributed by atoms with Crippen molar-refractivity contribution < 1.29 is 14.7 Å². The summed E-state index contributed by atoms with van der Waals surface area (Å²) in [6.07, 6.45) is 1.48. The lowest BCUT2D eigenvalue weighted by atomic mass is 10.1. The van der Waals surface area contributed by atoms with Gasteiger partial charge in [-0.3, -0.25) is 4.79 Å². The van der Waals surface area contributed by atoms with Crippen molar-refractivity contribution in [3.05, 3.63) is 55.1 Å². The molecule has 0 aliphatic carbocycles. The highest BCUT2D eigenvalue weighted by Crippen LogP contribution is 2.31. The fourth-order valence-electron chi connectivity index (χ4n) is 1.60. The molecule has 0 spiro atoms. The molecule has 0 fully saturated rings. The Morgan fingerprint density at radius 1 is 1.14 bits per heavy atom. The smallest absolute Gasteiger partial charge is 0.337 e. The molecular formula is C13H7Br3N2O3. The van der Waals surface area contributed by atoms with Crippen LogP contribution in [-0.4, -0.2) is 22.0 Å². The first-order valence-electron chi connectivity index (χ1n) is 5.53. The van der Waals surface area contributed by atoms with Gasteiger partial charge in [-0.15, -0.1) is 0 Å². The zero-order chi connectivity index (χ0) is 15.6. The number of nitrogens with one attached hydrogen (secondary N) is 1. The van der Waals surface area contributed by atoms with Crippen LogP contribution >= 0.6 is 47.8 Å². The first-order chi connectivity index (χ1) is 9.88. The van der Waals surface area contributed by atoms with Crippen LogP contribution in [0, 0.1) is 0 Å². The maximum Gasteiger partial charge on any atom is 0.337 e. The van der Waals surface area contributed by atoms with Gasteiger partial charge >= 0.3 is 5.97 Å². The third-order valence-electron chi connectivity index (χ3n) is 2.51. The number of amides is 1. The topological polar surface area (TPSA) is 79.3 Å². The highest BCUT2D eigenvalue weighted by molar-refractivity contribution is 9.11. The van der Waals surface area contributed by atoms with Crippen molar-refractivity contribution in [2.75, 3.05) is 5.32 Å². The zero-order valence-electron chi connectivity index (χ0n) is 10.2. The third kappa shape index (κ3) is 3.90. The number of carbonyl (C=O) groups excluding carboxylic acids is 1. The van der Waals surface area contributed by atoms with Crippen LogP contribution in [0.15, 0.2) is 44.0 Å². The number of aromatic carboxylic acids is 1. The Hall–Kier alpha value is -1.25. The number of pyridine rings is 1. The van der Waals surface area contributed by atoms with E-state index in [9.17, 15) is 14.7 Å². The van der Waals surface area contributed by atoms with Gasteiger partial charge in [-0.2, -0.15) is 0 Å². The van der Waals surface area contributed by atoms with Crippen LogP contribution in [0.1, 0.15) is 20.7 Å². The van der Waals surface area contributed by atoms with Gasteiger partial charge in [0.15, 0.2) is 0 Å². The minimum absolute atomic E-state index is 0.0160. The number of benzene rings is 1. The first kappa shape index (κ1) is 16.1. The zero-order valence-corrected chi connectivity index (χ0v) is 15.0. The molecular weight excluding hydrogens is 472 g/mol. The number of aromatic nitrogens is 1. The minimum atomic E-state index is -1.14. The Morgan fingerprint density at radius 3 is 2.48 bits per heavy atom. The van der Waals surface area contributed by atoms with Crippen molar-refractivity contribution in [3.8, 4) is 0 Å². The lowest BCUT2D eigenvalue weighted by molar-refractivity contribution is 0.0698. The van der Waals surface area contributed by atoms with Crippen LogP contribution in [0.4, 0.5) is 5.69 Å². The summed E-state index contributed by atoms with van der Waals surface area (Å²) < 4.78 is 1.58. The van der Waals surface area contributed by atoms with Crippen LogP contribution < -0.4 is 5.32 Å². The summed E-state index contributed by atoms with van der Waals surface area (Å²) in [5.41, 5.74) is 0.546. The van der Waals surface area contributed by atoms with Crippen LogP contribution in [0.3, 0.4) is 0 Å². The van der Waals surface area contributed by atoms with E-state index < -0.39 is 11.9 Å². The lowest BCUT2D eigenvalue weighted by Crippen LogP contribution is -2.15. The van der Waals surface area contributed by atoms with Gasteiger partial charge in [-0.1, -0.05) is 15.9 Å². The summed E-state index contributed by atoms with van der Waals surface area (Å²) in [5, 5.41) is 11.8. The van der Waals surface area contributed by atoms with Gasteiger partial charge in [0.2, 0.25) is 0 Å². The molecule has 0 aliphatic rings. The van der Waals surface area contributed by atoms with E-state index in [-0.39, 0.29) is 11.3 Å². The Bertz CT molecular complexity index is 735. The number of carbonyl (C=O) groups is 2. The van der Waals surface area contributed by atoms with Gasteiger partial charge < -0.3 is 10.4 Å². The van der Waals surface area contributed by atoms with Crippen LogP contribution in [0.5, 0.6) is 0 Å². The predicted molar refractivity (Wildman–Crippen MR) is 88.7 cm³/mol. The molecule has 5 nitrogen and oxygen atoms in total. The van der Waals surface area contributed by atoms with Crippen molar-refractivity contribution in [1.29, 1.82) is 0 Å². The monoisotopic (exact) mass is 476 g/mol. The first-order valence-corrected chi connectivity index (χ1v) is 7.91. The van der Waals surface area contributed by atoms with Crippen molar-refractivity contribution in [3.63, 3.8) is 0 Å². The molecule has 1 aromatic heterocycles. The summed E-state index contributed by atoms with van der Waals surface area (Å²) in [5.74, 6) is -1.56. The summed E-state index contributed by atoms with van der Waals surface area (Å²) in [7, 11) is 0. The van der Waals surface area contributed by atoms with Gasteiger partial charge in [0.1, 0.15) is 4.60 Å². The standard InChI is InChI=1S/C13H7Br3N2O3/c14-7-4-8(13(20)21)11(9(15)5-7)18-12(19)6-1-2-17-10(16)3-6/h1-5H,(H,18,19)(H,20,21). The number of halogens is 3. The van der Waals surface area contributed by atoms with Crippen molar-refractivity contribution in [2.45, 2.75) is 0 Å². The van der Waals surface area contributed by atoms with Gasteiger partial charge in [0.25, 0.3) is 5.91 Å². The van der Waals surface area contributed by atoms with E-state index in [0.29, 0.717) is 19.1 Å². The maximum absolute atomic E-state index is 12.2. The molecule has 0 bridgehead atoms. The van der Waals surface area contributed by atoms with Gasteiger partial charge in [-0.25, -0.2) is 9.78 Å². The van der Waals surface area contributed by atoms with Crippen molar-refractivity contribution in [2.24, 2.45) is 0 Å². The highest BCUT2D eigenvalue weighted by atomic mass is 79.9. The van der Waals surface area contributed by atoms with E-state index in [1.54, 1.807) is 12.1 Å². The quantitative estimate of drug-likeness (QED) is 0.644. The molecule has 2 aromatic rings. The number of nitrogens with zero attached hydrogens (tertiary/aromatic N) is 1. The summed E-state index contributed by atoms with van der Waals surface area (Å²) in [6.45, 7) is 0. The van der Waals surface area contributed by atoms with Crippen LogP contribution in [-0.2, 0) is 0 Å². The van der Waals surface area contributed by atoms with Gasteiger partial charge in [-0.05, 0) is 56.1 Å². The van der Waals surface area contributed by atoms with Crippen LogP contribution in [0.25, 0.3) is 0 Å². The van der Waals surface area contributed by atoms with Crippen LogP contribution in [0.2, 0.25) is 0 Å². The molecule has 1 aromatic carbocycles. The SMILES string of the molecule is O=C(Nc1c(Br)cc(Br)cc1C(=O)O)c1ccnc(Br)c1. The van der Waals surface area contributed by atoms with E-state index in [0.717, 1.165) is 0 Å². The third-order valence-corrected chi connectivity index (χ3v) is 4.03. The van der Waals surface area contributed by atoms with Crippen molar-refractivity contribution >= 4 is 65.4 Å². The molecule has 108 valence electrons. The molecule has 8 heteroatoms. The second-order valence-electron chi connectivity index (χ2n) is 3.94. The molecule has 0 saturated carbocycles. The lowest BCUT2D eigenvalue weighted by Gasteiger charge is -2.11. The Labute approximate surface area is 145 Å². The Morgan fingerprint density at radius 2 is 1.86 bits per heavy atom. The maximum atomic E-state index is 12.2. The minimum Gasteiger partial charge on any atom is -0.478 e. The van der Waals surface area contributed by atoms with Gasteiger partial charge in [0.05, 0.1) is 11.3 Å². The fraction of sp³-hybridized carbons (Fsp3) is 0. The van der Waals surface area contributed by atoms with Crippen molar-refractivity contribution in [1.82, 2.24) is 4.98 Å². The van der Waals surface area contributed by atoms with E-state index in [1.165, 1.54) is 18.3 Å². The summed E-state index contributed by atoms with van der Waals surface area (Å²) >= 11 is 9.64.